The van der Waals surface area contributed by atoms with Crippen LogP contribution in [0.15, 0.2) is 48.5 Å². The number of nitrogens with one attached hydrogen (secondary N) is 2. The second-order valence-electron chi connectivity index (χ2n) is 6.99. The quantitative estimate of drug-likeness (QED) is 0.683. The third-order valence-electron chi connectivity index (χ3n) is 4.88. The van der Waals surface area contributed by atoms with Gasteiger partial charge < -0.3 is 20.3 Å². The van der Waals surface area contributed by atoms with Gasteiger partial charge in [0.15, 0.2) is 0 Å². The molecule has 1 aliphatic heterocycles. The second-order valence-corrected chi connectivity index (χ2v) is 6.99. The number of carbonyl (C=O) groups is 3. The fourth-order valence-electron chi connectivity index (χ4n) is 3.41. The molecule has 30 heavy (non-hydrogen) atoms. The molecule has 0 spiro atoms. The summed E-state index contributed by atoms with van der Waals surface area (Å²) in [5.41, 5.74) is 0.957. The van der Waals surface area contributed by atoms with Crippen molar-refractivity contribution in [2.24, 2.45) is 0 Å². The Kier molecular flexibility index (Phi) is 7.13. The van der Waals surface area contributed by atoms with Crippen molar-refractivity contribution < 1.29 is 23.5 Å². The van der Waals surface area contributed by atoms with E-state index in [1.54, 1.807) is 36.3 Å². The molecule has 1 saturated heterocycles. The van der Waals surface area contributed by atoms with Crippen molar-refractivity contribution in [1.82, 2.24) is 10.2 Å². The van der Waals surface area contributed by atoms with Crippen LogP contribution in [0.4, 0.5) is 10.1 Å². The first-order valence-electron chi connectivity index (χ1n) is 9.74. The molecule has 3 rings (SSSR count). The summed E-state index contributed by atoms with van der Waals surface area (Å²) in [6, 6.07) is 11.3. The lowest BCUT2D eigenvalue weighted by Crippen LogP contribution is -2.46. The Morgan fingerprint density at radius 2 is 1.90 bits per heavy atom. The highest BCUT2D eigenvalue weighted by Gasteiger charge is 2.34. The van der Waals surface area contributed by atoms with Gasteiger partial charge in [0.1, 0.15) is 11.9 Å². The second kappa shape index (κ2) is 9.98. The van der Waals surface area contributed by atoms with Gasteiger partial charge in [0.25, 0.3) is 11.8 Å². The van der Waals surface area contributed by atoms with Crippen LogP contribution in [0.2, 0.25) is 0 Å². The van der Waals surface area contributed by atoms with Gasteiger partial charge in [0, 0.05) is 37.0 Å². The van der Waals surface area contributed by atoms with Crippen LogP contribution in [0.1, 0.15) is 33.6 Å². The molecule has 1 heterocycles. The lowest BCUT2D eigenvalue weighted by molar-refractivity contribution is -0.125. The van der Waals surface area contributed by atoms with E-state index in [4.69, 9.17) is 4.74 Å². The molecule has 2 N–H and O–H groups in total. The zero-order chi connectivity index (χ0) is 21.5. The summed E-state index contributed by atoms with van der Waals surface area (Å²) in [6.07, 6.45) is 1.34. The van der Waals surface area contributed by atoms with Crippen LogP contribution in [-0.2, 0) is 9.53 Å². The van der Waals surface area contributed by atoms with Gasteiger partial charge in [0.2, 0.25) is 5.91 Å². The van der Waals surface area contributed by atoms with Gasteiger partial charge in [-0.25, -0.2) is 4.39 Å². The van der Waals surface area contributed by atoms with E-state index in [1.165, 1.54) is 18.2 Å². The highest BCUT2D eigenvalue weighted by atomic mass is 19.1. The Morgan fingerprint density at radius 3 is 2.67 bits per heavy atom. The van der Waals surface area contributed by atoms with Gasteiger partial charge >= 0.3 is 0 Å². The van der Waals surface area contributed by atoms with Crippen LogP contribution >= 0.6 is 0 Å². The summed E-state index contributed by atoms with van der Waals surface area (Å²) >= 11 is 0. The lowest BCUT2D eigenvalue weighted by atomic mass is 10.1. The van der Waals surface area contributed by atoms with Crippen LogP contribution in [-0.4, -0.2) is 55.5 Å². The molecular formula is C22H24FN3O4. The van der Waals surface area contributed by atoms with Gasteiger partial charge in [-0.05, 0) is 49.2 Å². The summed E-state index contributed by atoms with van der Waals surface area (Å²) in [7, 11) is 1.55. The molecule has 2 aromatic carbocycles. The van der Waals surface area contributed by atoms with E-state index in [9.17, 15) is 18.8 Å². The van der Waals surface area contributed by atoms with Crippen molar-refractivity contribution in [1.29, 1.82) is 0 Å². The van der Waals surface area contributed by atoms with Gasteiger partial charge in [-0.1, -0.05) is 12.1 Å². The molecular weight excluding hydrogens is 389 g/mol. The van der Waals surface area contributed by atoms with Gasteiger partial charge in [-0.15, -0.1) is 0 Å². The number of hydrogen-bond acceptors (Lipinski definition) is 4. The van der Waals surface area contributed by atoms with Crippen LogP contribution in [0.25, 0.3) is 0 Å². The minimum absolute atomic E-state index is 0.180. The summed E-state index contributed by atoms with van der Waals surface area (Å²) in [5.74, 6) is -1.46. The fraction of sp³-hybridized carbons (Fsp3) is 0.318. The minimum atomic E-state index is -0.528. The molecule has 0 aliphatic carbocycles. The molecule has 0 saturated carbocycles. The van der Waals surface area contributed by atoms with E-state index in [-0.39, 0.29) is 17.4 Å². The monoisotopic (exact) mass is 413 g/mol. The number of nitrogens with zero attached hydrogens (tertiary/aromatic N) is 1. The van der Waals surface area contributed by atoms with Gasteiger partial charge in [0.05, 0.1) is 6.61 Å². The van der Waals surface area contributed by atoms with E-state index in [0.717, 1.165) is 12.5 Å². The molecule has 1 unspecified atom stereocenters. The van der Waals surface area contributed by atoms with Crippen molar-refractivity contribution in [3.8, 4) is 0 Å². The zero-order valence-corrected chi connectivity index (χ0v) is 16.7. The Morgan fingerprint density at radius 1 is 1.13 bits per heavy atom. The number of hydrogen-bond donors (Lipinski definition) is 2. The molecule has 1 atom stereocenters. The summed E-state index contributed by atoms with van der Waals surface area (Å²) in [6.45, 7) is 1.27. The highest BCUT2D eigenvalue weighted by Crippen LogP contribution is 2.22. The molecule has 0 radical (unpaired) electrons. The first kappa shape index (κ1) is 21.4. The largest absolute Gasteiger partial charge is 0.383 e. The number of methoxy groups -OCH3 is 1. The number of benzene rings is 2. The van der Waals surface area contributed by atoms with Crippen molar-refractivity contribution in [3.05, 3.63) is 65.5 Å². The summed E-state index contributed by atoms with van der Waals surface area (Å²) in [4.78, 5) is 39.3. The van der Waals surface area contributed by atoms with Gasteiger partial charge in [-0.2, -0.15) is 0 Å². The van der Waals surface area contributed by atoms with Crippen molar-refractivity contribution in [2.45, 2.75) is 18.9 Å². The number of likely N-dealkylation sites (tertiary alicyclic amines) is 1. The zero-order valence-electron chi connectivity index (χ0n) is 16.7. The number of anilines is 1. The number of ether oxygens (including phenoxy) is 1. The van der Waals surface area contributed by atoms with E-state index >= 15 is 0 Å². The van der Waals surface area contributed by atoms with Crippen LogP contribution in [0.5, 0.6) is 0 Å². The molecule has 2 aromatic rings. The average Bonchev–Trinajstić information content (AvgIpc) is 3.23. The smallest absolute Gasteiger partial charge is 0.255 e. The average molecular weight is 413 g/mol. The standard InChI is InChI=1S/C22H24FN3O4/c1-30-12-10-24-21(28)19-9-4-11-26(19)22(29)16-6-3-8-18(14-16)25-20(27)15-5-2-7-17(23)13-15/h2-3,5-8,13-14,19H,4,9-12H2,1H3,(H,24,28)(H,25,27). The molecule has 0 bridgehead atoms. The number of carbonyl (C=O) groups excluding carboxylic acids is 3. The van der Waals surface area contributed by atoms with Crippen molar-refractivity contribution >= 4 is 23.4 Å². The maximum Gasteiger partial charge on any atom is 0.255 e. The first-order valence-corrected chi connectivity index (χ1v) is 9.74. The maximum absolute atomic E-state index is 13.3. The predicted molar refractivity (Wildman–Crippen MR) is 110 cm³/mol. The lowest BCUT2D eigenvalue weighted by Gasteiger charge is -2.24. The number of amides is 3. The maximum atomic E-state index is 13.3. The SMILES string of the molecule is COCCNC(=O)C1CCCN1C(=O)c1cccc(NC(=O)c2cccc(F)c2)c1. The van der Waals surface area contributed by atoms with Crippen molar-refractivity contribution in [2.75, 3.05) is 32.1 Å². The fourth-order valence-corrected chi connectivity index (χ4v) is 3.41. The molecule has 7 nitrogen and oxygen atoms in total. The van der Waals surface area contributed by atoms with Crippen LogP contribution in [0, 0.1) is 5.82 Å². The summed E-state index contributed by atoms with van der Waals surface area (Å²) in [5, 5.41) is 5.45. The van der Waals surface area contributed by atoms with Crippen LogP contribution < -0.4 is 10.6 Å². The minimum Gasteiger partial charge on any atom is -0.383 e. The molecule has 1 aliphatic rings. The number of rotatable bonds is 7. The molecule has 158 valence electrons. The first-order chi connectivity index (χ1) is 14.5. The van der Waals surface area contributed by atoms with E-state index < -0.39 is 17.8 Å². The predicted octanol–water partition coefficient (Wildman–Crippen LogP) is 2.45. The molecule has 0 aromatic heterocycles. The Labute approximate surface area is 174 Å². The highest BCUT2D eigenvalue weighted by molar-refractivity contribution is 6.05. The molecule has 8 heteroatoms. The Hall–Kier alpha value is -3.26. The van der Waals surface area contributed by atoms with Crippen LogP contribution in [0.3, 0.4) is 0 Å². The molecule has 1 fully saturated rings. The number of halogens is 1. The Bertz CT molecular complexity index is 934. The third-order valence-corrected chi connectivity index (χ3v) is 4.88. The topological polar surface area (TPSA) is 87.7 Å². The van der Waals surface area contributed by atoms with Crippen molar-refractivity contribution in [3.63, 3.8) is 0 Å². The molecule has 3 amide bonds. The Balaban J connectivity index is 1.69. The van der Waals surface area contributed by atoms with E-state index in [2.05, 4.69) is 10.6 Å². The normalized spacial score (nSPS) is 15.7. The van der Waals surface area contributed by atoms with E-state index in [1.807, 2.05) is 0 Å². The third kappa shape index (κ3) is 5.21. The van der Waals surface area contributed by atoms with E-state index in [0.29, 0.717) is 37.4 Å². The van der Waals surface area contributed by atoms with Gasteiger partial charge in [-0.3, -0.25) is 14.4 Å². The summed E-state index contributed by atoms with van der Waals surface area (Å²) < 4.78 is 18.3.